The van der Waals surface area contributed by atoms with E-state index in [2.05, 4.69) is 0 Å². The number of hydrogen-bond donors (Lipinski definition) is 1. The largest absolute Gasteiger partial charge is 0.491 e. The van der Waals surface area contributed by atoms with E-state index in [-0.39, 0.29) is 12.6 Å². The highest BCUT2D eigenvalue weighted by Crippen LogP contribution is 2.36. The van der Waals surface area contributed by atoms with Gasteiger partial charge in [-0.1, -0.05) is 11.6 Å². The van der Waals surface area contributed by atoms with Gasteiger partial charge < -0.3 is 19.5 Å². The van der Waals surface area contributed by atoms with Crippen molar-refractivity contribution in [2.45, 2.75) is 26.4 Å². The van der Waals surface area contributed by atoms with Gasteiger partial charge in [0.15, 0.2) is 11.5 Å². The number of hydrogen-bond acceptors (Lipinski definition) is 4. The van der Waals surface area contributed by atoms with Gasteiger partial charge in [-0.2, -0.15) is 0 Å². The third-order valence-electron chi connectivity index (χ3n) is 2.90. The van der Waals surface area contributed by atoms with Crippen LogP contribution < -0.4 is 9.47 Å². The molecule has 1 rings (SSSR count). The summed E-state index contributed by atoms with van der Waals surface area (Å²) in [6.45, 7) is 4.37. The van der Waals surface area contributed by atoms with Crippen molar-refractivity contribution in [3.8, 4) is 11.5 Å². The molecule has 1 atom stereocenters. The molecule has 5 nitrogen and oxygen atoms in total. The number of aliphatic hydroxyl groups is 1. The summed E-state index contributed by atoms with van der Waals surface area (Å²) in [4.78, 5) is 12.5. The number of carbonyl (C=O) groups is 1. The summed E-state index contributed by atoms with van der Waals surface area (Å²) >= 11 is 6.15. The molecule has 20 heavy (non-hydrogen) atoms. The fourth-order valence-corrected chi connectivity index (χ4v) is 2.10. The summed E-state index contributed by atoms with van der Waals surface area (Å²) in [5.74, 6) is 1.02. The molecule has 0 aliphatic carbocycles. The zero-order chi connectivity index (χ0) is 15.1. The summed E-state index contributed by atoms with van der Waals surface area (Å²) in [6.07, 6.45) is 0.708. The predicted octanol–water partition coefficient (Wildman–Crippen LogP) is 2.09. The number of rotatable bonds is 8. The Bertz CT molecular complexity index is 453. The Balaban J connectivity index is 3.03. The van der Waals surface area contributed by atoms with Crippen molar-refractivity contribution in [1.29, 1.82) is 0 Å². The fourth-order valence-electron chi connectivity index (χ4n) is 1.79. The number of aliphatic hydroxyl groups excluding tert-OH is 1. The number of carbonyl (C=O) groups excluding carboxylic acids is 1. The molecule has 112 valence electrons. The summed E-state index contributed by atoms with van der Waals surface area (Å²) in [5.41, 5.74) is 0.812. The highest BCUT2D eigenvalue weighted by molar-refractivity contribution is 6.32. The van der Waals surface area contributed by atoms with Crippen molar-refractivity contribution < 1.29 is 19.4 Å². The quantitative estimate of drug-likeness (QED) is 0.747. The van der Waals surface area contributed by atoms with E-state index in [0.29, 0.717) is 36.1 Å². The van der Waals surface area contributed by atoms with Crippen LogP contribution in [0.25, 0.3) is 0 Å². The minimum absolute atomic E-state index is 0.0963. The number of amides is 1. The second-order valence-corrected chi connectivity index (χ2v) is 4.76. The number of halogens is 1. The Morgan fingerprint density at radius 3 is 2.70 bits per heavy atom. The van der Waals surface area contributed by atoms with Crippen LogP contribution in [-0.4, -0.2) is 42.8 Å². The number of nitrogens with zero attached hydrogens (tertiary/aromatic N) is 1. The average Bonchev–Trinajstić information content (AvgIpc) is 2.44. The first kappa shape index (κ1) is 16.6. The molecular formula is C14H20ClNO4. The first-order valence-corrected chi connectivity index (χ1v) is 6.76. The molecule has 1 amide bonds. The highest BCUT2D eigenvalue weighted by Gasteiger charge is 2.15. The van der Waals surface area contributed by atoms with Crippen LogP contribution in [0.2, 0.25) is 5.02 Å². The molecule has 1 aromatic rings. The second-order valence-electron chi connectivity index (χ2n) is 4.35. The van der Waals surface area contributed by atoms with Crippen molar-refractivity contribution >= 4 is 18.0 Å². The van der Waals surface area contributed by atoms with E-state index >= 15 is 0 Å². The van der Waals surface area contributed by atoms with E-state index < -0.39 is 0 Å². The maximum Gasteiger partial charge on any atom is 0.210 e. The van der Waals surface area contributed by atoms with E-state index in [1.54, 1.807) is 19.1 Å². The van der Waals surface area contributed by atoms with Gasteiger partial charge in [0, 0.05) is 6.54 Å². The summed E-state index contributed by atoms with van der Waals surface area (Å²) < 4.78 is 10.7. The lowest BCUT2D eigenvalue weighted by molar-refractivity contribution is -0.121. The van der Waals surface area contributed by atoms with E-state index in [1.807, 2.05) is 6.92 Å². The fraction of sp³-hybridized carbons (Fsp3) is 0.500. The summed E-state index contributed by atoms with van der Waals surface area (Å²) in [6, 6.07) is 3.25. The third kappa shape index (κ3) is 4.02. The van der Waals surface area contributed by atoms with Crippen molar-refractivity contribution in [2.24, 2.45) is 0 Å². The maximum absolute atomic E-state index is 11.1. The van der Waals surface area contributed by atoms with Gasteiger partial charge in [0.25, 0.3) is 0 Å². The lowest BCUT2D eigenvalue weighted by atomic mass is 10.1. The lowest BCUT2D eigenvalue weighted by Crippen LogP contribution is -2.33. The van der Waals surface area contributed by atoms with E-state index in [1.165, 1.54) is 12.0 Å². The van der Waals surface area contributed by atoms with E-state index in [4.69, 9.17) is 26.2 Å². The first-order valence-electron chi connectivity index (χ1n) is 6.38. The molecule has 0 fully saturated rings. The van der Waals surface area contributed by atoms with Crippen molar-refractivity contribution in [3.63, 3.8) is 0 Å². The molecule has 6 heteroatoms. The lowest BCUT2D eigenvalue weighted by Gasteiger charge is -2.24. The minimum Gasteiger partial charge on any atom is -0.491 e. The smallest absolute Gasteiger partial charge is 0.210 e. The molecule has 0 radical (unpaired) electrons. The van der Waals surface area contributed by atoms with E-state index in [9.17, 15) is 4.79 Å². The predicted molar refractivity (Wildman–Crippen MR) is 77.3 cm³/mol. The molecule has 0 heterocycles. The van der Waals surface area contributed by atoms with Gasteiger partial charge in [-0.15, -0.1) is 0 Å². The first-order chi connectivity index (χ1) is 9.57. The van der Waals surface area contributed by atoms with Crippen molar-refractivity contribution in [2.75, 3.05) is 20.3 Å². The topological polar surface area (TPSA) is 59.0 Å². The number of ether oxygens (including phenoxy) is 2. The molecule has 0 aromatic heterocycles. The molecule has 1 N–H and O–H groups in total. The molecule has 0 aliphatic rings. The monoisotopic (exact) mass is 301 g/mol. The molecular weight excluding hydrogens is 282 g/mol. The summed E-state index contributed by atoms with van der Waals surface area (Å²) in [5, 5.41) is 9.55. The van der Waals surface area contributed by atoms with Crippen LogP contribution >= 0.6 is 11.6 Å². The molecule has 0 saturated carbocycles. The van der Waals surface area contributed by atoms with E-state index in [0.717, 1.165) is 5.56 Å². The Morgan fingerprint density at radius 2 is 2.20 bits per heavy atom. The number of benzene rings is 1. The van der Waals surface area contributed by atoms with Gasteiger partial charge >= 0.3 is 0 Å². The van der Waals surface area contributed by atoms with Gasteiger partial charge in [-0.25, -0.2) is 0 Å². The van der Waals surface area contributed by atoms with Crippen LogP contribution in [0.15, 0.2) is 12.1 Å². The van der Waals surface area contributed by atoms with Crippen LogP contribution in [0.4, 0.5) is 0 Å². The summed E-state index contributed by atoms with van der Waals surface area (Å²) in [7, 11) is 1.52. The van der Waals surface area contributed by atoms with Gasteiger partial charge in [0.2, 0.25) is 6.41 Å². The van der Waals surface area contributed by atoms with Gasteiger partial charge in [0.1, 0.15) is 0 Å². The molecule has 0 spiro atoms. The normalized spacial score (nSPS) is 11.8. The second kappa shape index (κ2) is 7.97. The Hall–Kier alpha value is -1.46. The van der Waals surface area contributed by atoms with Crippen LogP contribution in [0.3, 0.4) is 0 Å². The average molecular weight is 302 g/mol. The third-order valence-corrected chi connectivity index (χ3v) is 3.18. The van der Waals surface area contributed by atoms with Gasteiger partial charge in [-0.3, -0.25) is 4.79 Å². The van der Waals surface area contributed by atoms with Gasteiger partial charge in [0.05, 0.1) is 31.4 Å². The minimum atomic E-state index is -0.260. The Labute approximate surface area is 124 Å². The zero-order valence-electron chi connectivity index (χ0n) is 11.9. The molecule has 0 aliphatic heterocycles. The maximum atomic E-state index is 11.1. The van der Waals surface area contributed by atoms with Crippen LogP contribution in [-0.2, 0) is 11.3 Å². The van der Waals surface area contributed by atoms with Crippen LogP contribution in [0.5, 0.6) is 11.5 Å². The zero-order valence-corrected chi connectivity index (χ0v) is 12.7. The Kier molecular flexibility index (Phi) is 6.61. The van der Waals surface area contributed by atoms with Crippen molar-refractivity contribution in [3.05, 3.63) is 22.7 Å². The molecule has 0 saturated heterocycles. The van der Waals surface area contributed by atoms with Crippen molar-refractivity contribution in [1.82, 2.24) is 4.90 Å². The Morgan fingerprint density at radius 1 is 1.50 bits per heavy atom. The number of methoxy groups -OCH3 is 1. The van der Waals surface area contributed by atoms with Crippen LogP contribution in [0, 0.1) is 0 Å². The molecule has 1 aromatic carbocycles. The highest BCUT2D eigenvalue weighted by atomic mass is 35.5. The molecule has 0 bridgehead atoms. The standard InChI is InChI=1S/C14H20ClNO4/c1-4-20-13-6-11(5-12(15)14(13)19-3)7-16(9-18)10(2)8-17/h5-6,9-10,17H,4,7-8H2,1-3H3/t10-/m1/s1. The molecule has 0 unspecified atom stereocenters. The van der Waals surface area contributed by atoms with Crippen LogP contribution in [0.1, 0.15) is 19.4 Å². The SMILES string of the molecule is CCOc1cc(CN(C=O)[C@H](C)CO)cc(Cl)c1OC. The van der Waals surface area contributed by atoms with Gasteiger partial charge in [-0.05, 0) is 31.5 Å².